The number of hydrogen-bond acceptors (Lipinski definition) is 3. The Kier molecular flexibility index (Phi) is 5.86. The highest BCUT2D eigenvalue weighted by Crippen LogP contribution is 2.29. The van der Waals surface area contributed by atoms with E-state index in [0.29, 0.717) is 11.3 Å². The maximum Gasteiger partial charge on any atom is 0.416 e. The predicted molar refractivity (Wildman–Crippen MR) is 88.6 cm³/mol. The van der Waals surface area contributed by atoms with Crippen LogP contribution in [0.25, 0.3) is 0 Å². The molecule has 1 atom stereocenters. The third-order valence-corrected chi connectivity index (χ3v) is 3.72. The molecule has 2 amide bonds. The Bertz CT molecular complexity index is 806. The average Bonchev–Trinajstić information content (AvgIpc) is 2.60. The van der Waals surface area contributed by atoms with E-state index in [0.717, 1.165) is 18.2 Å². The van der Waals surface area contributed by atoms with Crippen LogP contribution in [0.2, 0.25) is 0 Å². The number of rotatable bonds is 6. The average molecular weight is 366 g/mol. The molecule has 0 aliphatic heterocycles. The largest absolute Gasteiger partial charge is 0.496 e. The van der Waals surface area contributed by atoms with E-state index in [1.807, 2.05) is 0 Å². The third-order valence-electron chi connectivity index (χ3n) is 3.72. The van der Waals surface area contributed by atoms with Gasteiger partial charge in [-0.25, -0.2) is 0 Å². The van der Waals surface area contributed by atoms with E-state index in [4.69, 9.17) is 10.5 Å². The van der Waals surface area contributed by atoms with Crippen LogP contribution in [0.5, 0.6) is 5.75 Å². The molecular weight excluding hydrogens is 349 g/mol. The molecule has 3 N–H and O–H groups in total. The van der Waals surface area contributed by atoms with E-state index in [1.165, 1.54) is 13.2 Å². The fraction of sp³-hybridized carbons (Fsp3) is 0.222. The van der Waals surface area contributed by atoms with E-state index in [-0.39, 0.29) is 12.0 Å². The van der Waals surface area contributed by atoms with Crippen molar-refractivity contribution in [3.8, 4) is 5.75 Å². The lowest BCUT2D eigenvalue weighted by atomic mass is 10.0. The maximum absolute atomic E-state index is 12.8. The number of carbonyl (C=O) groups is 2. The number of alkyl halides is 3. The van der Waals surface area contributed by atoms with Gasteiger partial charge >= 0.3 is 6.18 Å². The summed E-state index contributed by atoms with van der Waals surface area (Å²) in [5.41, 5.74) is 4.79. The summed E-state index contributed by atoms with van der Waals surface area (Å²) >= 11 is 0. The number of halogens is 3. The molecule has 0 radical (unpaired) electrons. The van der Waals surface area contributed by atoms with Gasteiger partial charge in [0.15, 0.2) is 0 Å². The van der Waals surface area contributed by atoms with Crippen LogP contribution in [0.3, 0.4) is 0 Å². The first-order valence-electron chi connectivity index (χ1n) is 7.61. The van der Waals surface area contributed by atoms with Crippen LogP contribution in [0.15, 0.2) is 48.5 Å². The maximum atomic E-state index is 12.8. The fourth-order valence-corrected chi connectivity index (χ4v) is 2.39. The summed E-state index contributed by atoms with van der Waals surface area (Å²) in [6.45, 7) is 0. The molecule has 0 bridgehead atoms. The van der Waals surface area contributed by atoms with Crippen LogP contribution in [0.4, 0.5) is 13.2 Å². The van der Waals surface area contributed by atoms with Crippen LogP contribution in [-0.2, 0) is 17.4 Å². The Morgan fingerprint density at radius 3 is 2.46 bits per heavy atom. The Balaban J connectivity index is 2.20. The van der Waals surface area contributed by atoms with Crippen molar-refractivity contribution < 1.29 is 27.5 Å². The highest BCUT2D eigenvalue weighted by atomic mass is 19.4. The van der Waals surface area contributed by atoms with Gasteiger partial charge in [0.05, 0.1) is 12.7 Å². The van der Waals surface area contributed by atoms with E-state index in [1.54, 1.807) is 24.3 Å². The van der Waals surface area contributed by atoms with Gasteiger partial charge in [0, 0.05) is 12.0 Å². The molecule has 0 fully saturated rings. The van der Waals surface area contributed by atoms with Gasteiger partial charge in [-0.05, 0) is 29.8 Å². The zero-order chi connectivity index (χ0) is 19.3. The van der Waals surface area contributed by atoms with Crippen LogP contribution in [-0.4, -0.2) is 25.0 Å². The van der Waals surface area contributed by atoms with Crippen LogP contribution < -0.4 is 15.8 Å². The third kappa shape index (κ3) is 4.75. The molecule has 0 spiro atoms. The molecule has 2 aromatic carbocycles. The second-order valence-corrected chi connectivity index (χ2v) is 5.52. The molecule has 2 rings (SSSR count). The molecule has 26 heavy (non-hydrogen) atoms. The monoisotopic (exact) mass is 366 g/mol. The van der Waals surface area contributed by atoms with Crippen molar-refractivity contribution in [1.29, 1.82) is 0 Å². The SMILES string of the molecule is COc1ccccc1C[C@H](NC(=O)c1cccc(C(F)(F)F)c1)C(N)=O. The molecule has 0 unspecified atom stereocenters. The van der Waals surface area contributed by atoms with Gasteiger partial charge in [-0.2, -0.15) is 13.2 Å². The Hall–Kier alpha value is -3.03. The zero-order valence-corrected chi connectivity index (χ0v) is 13.8. The lowest BCUT2D eigenvalue weighted by Gasteiger charge is -2.17. The number of ether oxygens (including phenoxy) is 1. The first-order valence-corrected chi connectivity index (χ1v) is 7.61. The lowest BCUT2D eigenvalue weighted by Crippen LogP contribution is -2.45. The minimum atomic E-state index is -4.57. The van der Waals surface area contributed by atoms with Crippen molar-refractivity contribution in [1.82, 2.24) is 5.32 Å². The summed E-state index contributed by atoms with van der Waals surface area (Å²) in [7, 11) is 1.46. The molecule has 2 aromatic rings. The molecule has 0 aliphatic carbocycles. The topological polar surface area (TPSA) is 81.4 Å². The first kappa shape index (κ1) is 19.3. The van der Waals surface area contributed by atoms with E-state index < -0.39 is 29.6 Å². The second kappa shape index (κ2) is 7.90. The molecule has 0 saturated carbocycles. The summed E-state index contributed by atoms with van der Waals surface area (Å²) < 4.78 is 43.5. The van der Waals surface area contributed by atoms with Crippen molar-refractivity contribution in [2.24, 2.45) is 5.73 Å². The molecule has 5 nitrogen and oxygen atoms in total. The van der Waals surface area contributed by atoms with Crippen LogP contribution in [0, 0.1) is 0 Å². The summed E-state index contributed by atoms with van der Waals surface area (Å²) in [5, 5.41) is 2.37. The number of nitrogens with two attached hydrogens (primary N) is 1. The van der Waals surface area contributed by atoms with Gasteiger partial charge in [-0.3, -0.25) is 9.59 Å². The highest BCUT2D eigenvalue weighted by molar-refractivity contribution is 5.97. The zero-order valence-electron chi connectivity index (χ0n) is 13.8. The van der Waals surface area contributed by atoms with Gasteiger partial charge in [-0.15, -0.1) is 0 Å². The normalized spacial score (nSPS) is 12.3. The molecule has 8 heteroatoms. The smallest absolute Gasteiger partial charge is 0.416 e. The number of benzene rings is 2. The van der Waals surface area contributed by atoms with Crippen molar-refractivity contribution in [3.05, 3.63) is 65.2 Å². The predicted octanol–water partition coefficient (Wildman–Crippen LogP) is 2.54. The second-order valence-electron chi connectivity index (χ2n) is 5.52. The first-order chi connectivity index (χ1) is 12.2. The quantitative estimate of drug-likeness (QED) is 0.824. The number of primary amides is 1. The van der Waals surface area contributed by atoms with Crippen molar-refractivity contribution in [3.63, 3.8) is 0 Å². The van der Waals surface area contributed by atoms with E-state index >= 15 is 0 Å². The molecule has 0 aromatic heterocycles. The molecule has 138 valence electrons. The summed E-state index contributed by atoms with van der Waals surface area (Å²) in [5.74, 6) is -1.13. The number of nitrogens with one attached hydrogen (secondary N) is 1. The van der Waals surface area contributed by atoms with E-state index in [2.05, 4.69) is 5.32 Å². The van der Waals surface area contributed by atoms with Gasteiger partial charge in [-0.1, -0.05) is 24.3 Å². The van der Waals surface area contributed by atoms with Crippen molar-refractivity contribution in [2.75, 3.05) is 7.11 Å². The molecule has 0 aliphatic rings. The minimum Gasteiger partial charge on any atom is -0.496 e. The number of amides is 2. The fourth-order valence-electron chi connectivity index (χ4n) is 2.39. The van der Waals surface area contributed by atoms with Crippen LogP contribution in [0.1, 0.15) is 21.5 Å². The Labute approximate surface area is 148 Å². The van der Waals surface area contributed by atoms with Crippen molar-refractivity contribution in [2.45, 2.75) is 18.6 Å². The lowest BCUT2D eigenvalue weighted by molar-refractivity contribution is -0.137. The van der Waals surface area contributed by atoms with Gasteiger partial charge in [0.25, 0.3) is 5.91 Å². The summed E-state index contributed by atoms with van der Waals surface area (Å²) in [6.07, 6.45) is -4.53. The number of carbonyl (C=O) groups excluding carboxylic acids is 2. The van der Waals surface area contributed by atoms with Gasteiger partial charge in [0.1, 0.15) is 11.8 Å². The van der Waals surface area contributed by atoms with Crippen molar-refractivity contribution >= 4 is 11.8 Å². The van der Waals surface area contributed by atoms with E-state index in [9.17, 15) is 22.8 Å². The summed E-state index contributed by atoms with van der Waals surface area (Å²) in [4.78, 5) is 23.9. The molecular formula is C18H17F3N2O3. The minimum absolute atomic E-state index is 0.0457. The molecule has 0 saturated heterocycles. The van der Waals surface area contributed by atoms with Gasteiger partial charge < -0.3 is 15.8 Å². The Morgan fingerprint density at radius 2 is 1.85 bits per heavy atom. The number of para-hydroxylation sites is 1. The molecule has 0 heterocycles. The Morgan fingerprint density at radius 1 is 1.15 bits per heavy atom. The number of methoxy groups -OCH3 is 1. The van der Waals surface area contributed by atoms with Crippen LogP contribution >= 0.6 is 0 Å². The highest BCUT2D eigenvalue weighted by Gasteiger charge is 2.31. The van der Waals surface area contributed by atoms with Gasteiger partial charge in [0.2, 0.25) is 5.91 Å². The number of hydrogen-bond donors (Lipinski definition) is 2. The standard InChI is InChI=1S/C18H17F3N2O3/c1-26-15-8-3-2-5-11(15)10-14(16(22)24)23-17(25)12-6-4-7-13(9-12)18(19,20)21/h2-9,14H,10H2,1H3,(H2,22,24)(H,23,25)/t14-/m0/s1. The summed E-state index contributed by atoms with van der Waals surface area (Å²) in [6, 6.07) is 9.67.